The molecule has 1 unspecified atom stereocenters. The van der Waals surface area contributed by atoms with Crippen LogP contribution >= 0.6 is 12.4 Å². The molecule has 0 amide bonds. The highest BCUT2D eigenvalue weighted by atomic mass is 35.5. The summed E-state index contributed by atoms with van der Waals surface area (Å²) >= 11 is 0. The Hall–Kier alpha value is 0.210. The molecule has 3 heteroatoms. The van der Waals surface area contributed by atoms with Gasteiger partial charge in [-0.1, -0.05) is 13.3 Å². The number of halogens is 1. The van der Waals surface area contributed by atoms with Gasteiger partial charge in [-0.05, 0) is 70.1 Å². The summed E-state index contributed by atoms with van der Waals surface area (Å²) in [5, 5.41) is 3.46. The fourth-order valence-corrected chi connectivity index (χ4v) is 3.25. The highest BCUT2D eigenvalue weighted by Crippen LogP contribution is 2.22. The van der Waals surface area contributed by atoms with Crippen LogP contribution in [0.1, 0.15) is 45.4 Å². The predicted octanol–water partition coefficient (Wildman–Crippen LogP) is 2.92. The molecule has 2 rings (SSSR count). The molecular formula is C14H29ClN2. The summed E-state index contributed by atoms with van der Waals surface area (Å²) in [5.74, 6) is 1.98. The maximum atomic E-state index is 3.46. The average Bonchev–Trinajstić information content (AvgIpc) is 2.56. The summed E-state index contributed by atoms with van der Waals surface area (Å²) in [6, 6.07) is 0. The third-order valence-electron chi connectivity index (χ3n) is 4.49. The lowest BCUT2D eigenvalue weighted by atomic mass is 9.97. The summed E-state index contributed by atoms with van der Waals surface area (Å²) < 4.78 is 0. The maximum Gasteiger partial charge on any atom is 0.00106 e. The number of piperidine rings is 1. The zero-order chi connectivity index (χ0) is 11.2. The van der Waals surface area contributed by atoms with Crippen molar-refractivity contribution >= 4 is 12.4 Å². The smallest absolute Gasteiger partial charge is 0.00106 e. The minimum atomic E-state index is 0. The van der Waals surface area contributed by atoms with E-state index < -0.39 is 0 Å². The number of hydrogen-bond acceptors (Lipinski definition) is 2. The van der Waals surface area contributed by atoms with Gasteiger partial charge in [0.15, 0.2) is 0 Å². The van der Waals surface area contributed by atoms with Gasteiger partial charge in [0.2, 0.25) is 0 Å². The second kappa shape index (κ2) is 8.34. The van der Waals surface area contributed by atoms with Crippen molar-refractivity contribution in [3.63, 3.8) is 0 Å². The quantitative estimate of drug-likeness (QED) is 0.840. The van der Waals surface area contributed by atoms with Crippen molar-refractivity contribution in [2.45, 2.75) is 45.4 Å². The highest BCUT2D eigenvalue weighted by molar-refractivity contribution is 5.85. The number of nitrogens with one attached hydrogen (secondary N) is 1. The van der Waals surface area contributed by atoms with Crippen LogP contribution in [-0.2, 0) is 0 Å². The number of hydrogen-bond donors (Lipinski definition) is 1. The first-order chi connectivity index (χ1) is 7.88. The molecule has 0 aromatic heterocycles. The Balaban J connectivity index is 0.00000144. The molecule has 2 nitrogen and oxygen atoms in total. The molecule has 0 saturated carbocycles. The van der Waals surface area contributed by atoms with Crippen LogP contribution in [0.25, 0.3) is 0 Å². The summed E-state index contributed by atoms with van der Waals surface area (Å²) in [5.41, 5.74) is 0. The second-order valence-electron chi connectivity index (χ2n) is 5.70. The molecular weight excluding hydrogens is 232 g/mol. The number of likely N-dealkylation sites (tertiary alicyclic amines) is 1. The van der Waals surface area contributed by atoms with Crippen molar-refractivity contribution in [1.29, 1.82) is 0 Å². The third-order valence-corrected chi connectivity index (χ3v) is 4.49. The van der Waals surface area contributed by atoms with Crippen LogP contribution in [0.3, 0.4) is 0 Å². The molecule has 102 valence electrons. The van der Waals surface area contributed by atoms with Gasteiger partial charge in [-0.15, -0.1) is 12.4 Å². The van der Waals surface area contributed by atoms with E-state index in [4.69, 9.17) is 0 Å². The summed E-state index contributed by atoms with van der Waals surface area (Å²) in [7, 11) is 0. The predicted molar refractivity (Wildman–Crippen MR) is 76.9 cm³/mol. The first-order valence-electron chi connectivity index (χ1n) is 7.31. The van der Waals surface area contributed by atoms with E-state index in [2.05, 4.69) is 17.1 Å². The Kier molecular flexibility index (Phi) is 7.49. The van der Waals surface area contributed by atoms with E-state index in [-0.39, 0.29) is 12.4 Å². The van der Waals surface area contributed by atoms with Crippen LogP contribution in [0.15, 0.2) is 0 Å². The molecule has 2 aliphatic rings. The van der Waals surface area contributed by atoms with E-state index in [1.807, 2.05) is 0 Å². The highest BCUT2D eigenvalue weighted by Gasteiger charge is 2.20. The lowest BCUT2D eigenvalue weighted by Crippen LogP contribution is -2.36. The molecule has 0 aromatic rings. The first kappa shape index (κ1) is 15.3. The van der Waals surface area contributed by atoms with Crippen LogP contribution in [0, 0.1) is 11.8 Å². The van der Waals surface area contributed by atoms with Gasteiger partial charge in [0.05, 0.1) is 0 Å². The van der Waals surface area contributed by atoms with Gasteiger partial charge in [-0.2, -0.15) is 0 Å². The summed E-state index contributed by atoms with van der Waals surface area (Å²) in [4.78, 5) is 2.74. The van der Waals surface area contributed by atoms with E-state index in [0.717, 1.165) is 11.8 Å². The molecule has 0 spiro atoms. The molecule has 0 bridgehead atoms. The van der Waals surface area contributed by atoms with E-state index in [1.54, 1.807) is 0 Å². The SMILES string of the molecule is CCC1CCCN(CC2CCNCC2)CC1.Cl. The van der Waals surface area contributed by atoms with Gasteiger partial charge in [-0.3, -0.25) is 0 Å². The van der Waals surface area contributed by atoms with Crippen LogP contribution in [-0.4, -0.2) is 37.6 Å². The summed E-state index contributed by atoms with van der Waals surface area (Å²) in [6.07, 6.45) is 8.53. The number of nitrogens with zero attached hydrogens (tertiary/aromatic N) is 1. The zero-order valence-corrected chi connectivity index (χ0v) is 12.1. The minimum absolute atomic E-state index is 0. The van der Waals surface area contributed by atoms with E-state index in [0.29, 0.717) is 0 Å². The zero-order valence-electron chi connectivity index (χ0n) is 11.3. The molecule has 0 radical (unpaired) electrons. The van der Waals surface area contributed by atoms with Gasteiger partial charge in [0.1, 0.15) is 0 Å². The normalized spacial score (nSPS) is 28.4. The Morgan fingerprint density at radius 1 is 1.00 bits per heavy atom. The average molecular weight is 261 g/mol. The Bertz CT molecular complexity index is 193. The van der Waals surface area contributed by atoms with E-state index in [1.165, 1.54) is 71.2 Å². The van der Waals surface area contributed by atoms with Crippen molar-refractivity contribution in [1.82, 2.24) is 10.2 Å². The van der Waals surface area contributed by atoms with E-state index in [9.17, 15) is 0 Å². The molecule has 2 heterocycles. The largest absolute Gasteiger partial charge is 0.317 e. The lowest BCUT2D eigenvalue weighted by molar-refractivity contribution is 0.209. The standard InChI is InChI=1S/C14H28N2.ClH/c1-2-13-4-3-10-16(11-7-13)12-14-5-8-15-9-6-14;/h13-15H,2-12H2,1H3;1H. The fraction of sp³-hybridized carbons (Fsp3) is 1.00. The Labute approximate surface area is 113 Å². The van der Waals surface area contributed by atoms with Gasteiger partial charge in [-0.25, -0.2) is 0 Å². The lowest BCUT2D eigenvalue weighted by Gasteiger charge is -2.29. The van der Waals surface area contributed by atoms with Crippen LogP contribution in [0.2, 0.25) is 0 Å². The molecule has 2 saturated heterocycles. The first-order valence-corrected chi connectivity index (χ1v) is 7.31. The van der Waals surface area contributed by atoms with Crippen molar-refractivity contribution < 1.29 is 0 Å². The monoisotopic (exact) mass is 260 g/mol. The Morgan fingerprint density at radius 2 is 1.76 bits per heavy atom. The van der Waals surface area contributed by atoms with Gasteiger partial charge >= 0.3 is 0 Å². The molecule has 2 fully saturated rings. The second-order valence-corrected chi connectivity index (χ2v) is 5.70. The third kappa shape index (κ3) is 5.15. The van der Waals surface area contributed by atoms with E-state index >= 15 is 0 Å². The van der Waals surface area contributed by atoms with Crippen molar-refractivity contribution in [3.05, 3.63) is 0 Å². The van der Waals surface area contributed by atoms with Crippen molar-refractivity contribution in [3.8, 4) is 0 Å². The van der Waals surface area contributed by atoms with Gasteiger partial charge in [0, 0.05) is 6.54 Å². The van der Waals surface area contributed by atoms with Gasteiger partial charge in [0.25, 0.3) is 0 Å². The maximum absolute atomic E-state index is 3.46. The minimum Gasteiger partial charge on any atom is -0.317 e. The summed E-state index contributed by atoms with van der Waals surface area (Å²) in [6.45, 7) is 8.94. The number of rotatable bonds is 3. The molecule has 17 heavy (non-hydrogen) atoms. The van der Waals surface area contributed by atoms with Crippen LogP contribution < -0.4 is 5.32 Å². The molecule has 0 aromatic carbocycles. The molecule has 1 N–H and O–H groups in total. The van der Waals surface area contributed by atoms with Crippen LogP contribution in [0.5, 0.6) is 0 Å². The Morgan fingerprint density at radius 3 is 2.47 bits per heavy atom. The fourth-order valence-electron chi connectivity index (χ4n) is 3.25. The topological polar surface area (TPSA) is 15.3 Å². The molecule has 2 aliphatic heterocycles. The van der Waals surface area contributed by atoms with Crippen molar-refractivity contribution in [2.75, 3.05) is 32.7 Å². The van der Waals surface area contributed by atoms with Crippen molar-refractivity contribution in [2.24, 2.45) is 11.8 Å². The molecule has 0 aliphatic carbocycles. The van der Waals surface area contributed by atoms with Crippen LogP contribution in [0.4, 0.5) is 0 Å². The van der Waals surface area contributed by atoms with Gasteiger partial charge < -0.3 is 10.2 Å². The molecule has 1 atom stereocenters.